The molecule has 2 aromatic carbocycles. The summed E-state index contributed by atoms with van der Waals surface area (Å²) in [5, 5.41) is 0.799. The smallest absolute Gasteiger partial charge is 0.359 e. The van der Waals surface area contributed by atoms with Crippen LogP contribution in [0.2, 0.25) is 0 Å². The molecule has 0 spiro atoms. The minimum absolute atomic E-state index is 0.126. The van der Waals surface area contributed by atoms with Crippen molar-refractivity contribution in [3.05, 3.63) is 83.8 Å². The highest BCUT2D eigenvalue weighted by Gasteiger charge is 2.24. The van der Waals surface area contributed by atoms with Gasteiger partial charge in [0, 0.05) is 19.0 Å². The monoisotopic (exact) mass is 415 g/mol. The highest BCUT2D eigenvalue weighted by molar-refractivity contribution is 6.09. The van der Waals surface area contributed by atoms with E-state index < -0.39 is 11.6 Å². The van der Waals surface area contributed by atoms with E-state index in [1.165, 1.54) is 0 Å². The van der Waals surface area contributed by atoms with Crippen LogP contribution in [0.4, 0.5) is 0 Å². The zero-order valence-electron chi connectivity index (χ0n) is 18.1. The number of hydrogen-bond donors (Lipinski definition) is 0. The third-order valence-electron chi connectivity index (χ3n) is 4.97. The number of pyridine rings is 1. The maximum absolute atomic E-state index is 13.4. The van der Waals surface area contributed by atoms with Crippen LogP contribution in [0.15, 0.2) is 67.0 Å². The van der Waals surface area contributed by atoms with Crippen LogP contribution < -0.4 is 0 Å². The molecule has 0 bridgehead atoms. The fourth-order valence-electron chi connectivity index (χ4n) is 3.61. The number of carbonyl (C=O) groups is 2. The second kappa shape index (κ2) is 7.87. The zero-order valence-corrected chi connectivity index (χ0v) is 18.1. The van der Waals surface area contributed by atoms with Crippen LogP contribution in [0.5, 0.6) is 0 Å². The fourth-order valence-corrected chi connectivity index (χ4v) is 3.61. The summed E-state index contributed by atoms with van der Waals surface area (Å²) in [5.74, 6) is -0.639. The third kappa shape index (κ3) is 4.14. The Morgan fingerprint density at radius 2 is 1.68 bits per heavy atom. The Bertz CT molecular complexity index is 1270. The Morgan fingerprint density at radius 1 is 1.00 bits per heavy atom. The molecule has 4 rings (SSSR count). The van der Waals surface area contributed by atoms with Gasteiger partial charge in [0.15, 0.2) is 5.69 Å². The number of ether oxygens (including phenoxy) is 1. The molecule has 4 aromatic rings. The maximum atomic E-state index is 13.4. The van der Waals surface area contributed by atoms with Crippen LogP contribution in [0, 0.1) is 0 Å². The van der Waals surface area contributed by atoms with Crippen molar-refractivity contribution in [2.45, 2.75) is 32.9 Å². The maximum Gasteiger partial charge on any atom is 0.359 e. The van der Waals surface area contributed by atoms with Gasteiger partial charge in [-0.3, -0.25) is 9.20 Å². The normalized spacial score (nSPS) is 11.6. The number of imidazole rings is 1. The number of benzene rings is 2. The van der Waals surface area contributed by atoms with Crippen LogP contribution in [-0.2, 0) is 11.3 Å². The topological polar surface area (TPSA) is 63.9 Å². The van der Waals surface area contributed by atoms with Gasteiger partial charge in [0.05, 0.1) is 16.6 Å². The fraction of sp³-hybridized carbons (Fsp3) is 0.240. The number of amides is 1. The number of hydrogen-bond acceptors (Lipinski definition) is 4. The Morgan fingerprint density at radius 3 is 2.39 bits per heavy atom. The van der Waals surface area contributed by atoms with Crippen molar-refractivity contribution in [2.24, 2.45) is 0 Å². The summed E-state index contributed by atoms with van der Waals surface area (Å²) < 4.78 is 7.34. The molecule has 31 heavy (non-hydrogen) atoms. The van der Waals surface area contributed by atoms with Gasteiger partial charge >= 0.3 is 5.97 Å². The number of carbonyl (C=O) groups excluding carboxylic acids is 2. The molecule has 6 nitrogen and oxygen atoms in total. The van der Waals surface area contributed by atoms with Crippen molar-refractivity contribution in [2.75, 3.05) is 7.05 Å². The van der Waals surface area contributed by atoms with E-state index in [1.807, 2.05) is 79.8 Å². The summed E-state index contributed by atoms with van der Waals surface area (Å²) in [6.45, 7) is 5.92. The van der Waals surface area contributed by atoms with Gasteiger partial charge in [-0.15, -0.1) is 0 Å². The molecule has 0 N–H and O–H groups in total. The quantitative estimate of drug-likeness (QED) is 0.453. The highest BCUT2D eigenvalue weighted by Crippen LogP contribution is 2.26. The molecule has 0 aliphatic rings. The van der Waals surface area contributed by atoms with Gasteiger partial charge in [0.1, 0.15) is 11.9 Å². The Labute approximate surface area is 181 Å². The lowest BCUT2D eigenvalue weighted by atomic mass is 10.1. The van der Waals surface area contributed by atoms with Gasteiger partial charge < -0.3 is 9.64 Å². The van der Waals surface area contributed by atoms with Crippen LogP contribution in [0.1, 0.15) is 47.2 Å². The minimum Gasteiger partial charge on any atom is -0.455 e. The second-order valence-electron chi connectivity index (χ2n) is 8.57. The second-order valence-corrected chi connectivity index (χ2v) is 8.57. The van der Waals surface area contributed by atoms with Crippen molar-refractivity contribution < 1.29 is 14.3 Å². The number of nitrogens with zero attached hydrogens (tertiary/aromatic N) is 3. The van der Waals surface area contributed by atoms with Gasteiger partial charge in [-0.25, -0.2) is 9.78 Å². The standard InChI is InChI=1S/C25H25N3O3/c1-25(2,3)31-24(30)22-21-14-19(18-12-8-9-13-20(18)28(21)16-26-22)23(29)27(4)15-17-10-6-5-7-11-17/h5-14,16H,15H2,1-4H3. The van der Waals surface area contributed by atoms with Crippen molar-refractivity contribution in [1.82, 2.24) is 14.3 Å². The number of esters is 1. The van der Waals surface area contributed by atoms with Crippen LogP contribution in [-0.4, -0.2) is 38.8 Å². The Balaban J connectivity index is 1.81. The van der Waals surface area contributed by atoms with Crippen molar-refractivity contribution >= 4 is 28.3 Å². The van der Waals surface area contributed by atoms with Crippen LogP contribution >= 0.6 is 0 Å². The highest BCUT2D eigenvalue weighted by atomic mass is 16.6. The Hall–Kier alpha value is -3.67. The van der Waals surface area contributed by atoms with Gasteiger partial charge in [-0.2, -0.15) is 0 Å². The summed E-state index contributed by atoms with van der Waals surface area (Å²) in [5.41, 5.74) is 2.47. The van der Waals surface area contributed by atoms with E-state index in [-0.39, 0.29) is 11.6 Å². The molecular formula is C25H25N3O3. The molecule has 0 saturated carbocycles. The van der Waals surface area contributed by atoms with Gasteiger partial charge in [0.25, 0.3) is 5.91 Å². The number of para-hydroxylation sites is 1. The average Bonchev–Trinajstić information content (AvgIpc) is 3.16. The Kier molecular flexibility index (Phi) is 5.23. The van der Waals surface area contributed by atoms with Crippen molar-refractivity contribution in [3.8, 4) is 0 Å². The molecular weight excluding hydrogens is 390 g/mol. The SMILES string of the molecule is CN(Cc1ccccc1)C(=O)c1cc2c(C(=O)OC(C)(C)C)ncn2c2ccccc12. The van der Waals surface area contributed by atoms with E-state index in [0.717, 1.165) is 16.5 Å². The molecule has 0 aliphatic carbocycles. The summed E-state index contributed by atoms with van der Waals surface area (Å²) >= 11 is 0. The van der Waals surface area contributed by atoms with Gasteiger partial charge in [-0.05, 0) is 38.5 Å². The summed E-state index contributed by atoms with van der Waals surface area (Å²) in [4.78, 5) is 32.1. The molecule has 2 aromatic heterocycles. The first-order valence-electron chi connectivity index (χ1n) is 10.2. The van der Waals surface area contributed by atoms with Crippen molar-refractivity contribution in [1.29, 1.82) is 0 Å². The summed E-state index contributed by atoms with van der Waals surface area (Å²) in [6, 6.07) is 19.2. The first kappa shape index (κ1) is 20.6. The zero-order chi connectivity index (χ0) is 22.2. The van der Waals surface area contributed by atoms with Crippen LogP contribution in [0.3, 0.4) is 0 Å². The molecule has 0 aliphatic heterocycles. The lowest BCUT2D eigenvalue weighted by Gasteiger charge is -2.20. The largest absolute Gasteiger partial charge is 0.455 e. The minimum atomic E-state index is -0.640. The number of aromatic nitrogens is 2. The third-order valence-corrected chi connectivity index (χ3v) is 4.97. The predicted molar refractivity (Wildman–Crippen MR) is 120 cm³/mol. The number of fused-ring (bicyclic) bond motifs is 3. The molecule has 0 fully saturated rings. The molecule has 2 heterocycles. The lowest BCUT2D eigenvalue weighted by molar-refractivity contribution is 0.00656. The lowest BCUT2D eigenvalue weighted by Crippen LogP contribution is -2.26. The van der Waals surface area contributed by atoms with Gasteiger partial charge in [0.2, 0.25) is 0 Å². The van der Waals surface area contributed by atoms with Crippen LogP contribution in [0.25, 0.3) is 16.4 Å². The molecule has 158 valence electrons. The van der Waals surface area contributed by atoms with Crippen molar-refractivity contribution in [3.63, 3.8) is 0 Å². The molecule has 0 unspecified atom stereocenters. The summed E-state index contributed by atoms with van der Waals surface area (Å²) in [6.07, 6.45) is 1.60. The van der Waals surface area contributed by atoms with E-state index in [2.05, 4.69) is 4.98 Å². The average molecular weight is 415 g/mol. The van der Waals surface area contributed by atoms with Gasteiger partial charge in [-0.1, -0.05) is 48.5 Å². The molecule has 0 radical (unpaired) electrons. The van der Waals surface area contributed by atoms with E-state index in [4.69, 9.17) is 4.74 Å². The van der Waals surface area contributed by atoms with E-state index >= 15 is 0 Å². The predicted octanol–water partition coefficient (Wildman–Crippen LogP) is 4.72. The molecule has 6 heteroatoms. The van der Waals surface area contributed by atoms with E-state index in [1.54, 1.807) is 24.3 Å². The van der Waals surface area contributed by atoms with E-state index in [9.17, 15) is 9.59 Å². The summed E-state index contributed by atoms with van der Waals surface area (Å²) in [7, 11) is 1.78. The first-order chi connectivity index (χ1) is 14.7. The molecule has 0 saturated heterocycles. The first-order valence-corrected chi connectivity index (χ1v) is 10.2. The van der Waals surface area contributed by atoms with E-state index in [0.29, 0.717) is 17.6 Å². The number of rotatable bonds is 4. The molecule has 1 amide bonds. The molecule has 0 atom stereocenters.